The van der Waals surface area contributed by atoms with Crippen molar-refractivity contribution in [3.05, 3.63) is 35.4 Å². The third-order valence-corrected chi connectivity index (χ3v) is 5.56. The molecule has 1 saturated carbocycles. The minimum Gasteiger partial charge on any atom is -0.507 e. The van der Waals surface area contributed by atoms with Crippen LogP contribution in [0.2, 0.25) is 0 Å². The van der Waals surface area contributed by atoms with Crippen LogP contribution in [0.15, 0.2) is 29.8 Å². The van der Waals surface area contributed by atoms with Crippen LogP contribution in [0.5, 0.6) is 5.75 Å². The molecule has 1 aromatic carbocycles. The van der Waals surface area contributed by atoms with Gasteiger partial charge in [0.15, 0.2) is 5.78 Å². The van der Waals surface area contributed by atoms with Crippen molar-refractivity contribution in [1.82, 2.24) is 4.90 Å². The second-order valence-corrected chi connectivity index (χ2v) is 8.92. The van der Waals surface area contributed by atoms with Gasteiger partial charge in [-0.2, -0.15) is 0 Å². The van der Waals surface area contributed by atoms with Crippen molar-refractivity contribution < 1.29 is 24.2 Å². The first-order valence-electron chi connectivity index (χ1n) is 9.94. The number of rotatable bonds is 2. The van der Waals surface area contributed by atoms with Gasteiger partial charge in [-0.25, -0.2) is 4.79 Å². The van der Waals surface area contributed by atoms with Gasteiger partial charge in [0, 0.05) is 31.8 Å². The molecule has 2 aliphatic heterocycles. The van der Waals surface area contributed by atoms with E-state index in [-0.39, 0.29) is 23.6 Å². The first-order valence-corrected chi connectivity index (χ1v) is 9.94. The molecule has 6 nitrogen and oxygen atoms in total. The van der Waals surface area contributed by atoms with E-state index in [4.69, 9.17) is 9.47 Å². The number of ketones is 1. The molecule has 2 heterocycles. The molecule has 0 atom stereocenters. The molecule has 1 spiro atoms. The molecule has 1 N–H and O–H groups in total. The summed E-state index contributed by atoms with van der Waals surface area (Å²) in [5, 5.41) is 11.0. The molecule has 0 radical (unpaired) electrons. The highest BCUT2D eigenvalue weighted by atomic mass is 16.6. The maximum atomic E-state index is 13.1. The minimum atomic E-state index is -0.892. The molecule has 3 aliphatic rings. The first kappa shape index (κ1) is 18.8. The monoisotopic (exact) mass is 385 g/mol. The molecule has 1 aliphatic carbocycles. The summed E-state index contributed by atoms with van der Waals surface area (Å²) in [5.41, 5.74) is -0.502. The molecular formula is C22H27NO5. The summed E-state index contributed by atoms with van der Waals surface area (Å²) in [5.74, 6) is 0.576. The van der Waals surface area contributed by atoms with Crippen LogP contribution in [-0.4, -0.2) is 46.2 Å². The Kier molecular flexibility index (Phi) is 4.40. The van der Waals surface area contributed by atoms with Crippen molar-refractivity contribution >= 4 is 17.6 Å². The summed E-state index contributed by atoms with van der Waals surface area (Å²) in [6.45, 7) is 6.33. The Hall–Kier alpha value is -2.50. The summed E-state index contributed by atoms with van der Waals surface area (Å²) in [6, 6.07) is 7.25. The van der Waals surface area contributed by atoms with Gasteiger partial charge in [-0.05, 0) is 45.7 Å². The Balaban J connectivity index is 1.62. The Labute approximate surface area is 165 Å². The third-order valence-electron chi connectivity index (χ3n) is 5.56. The van der Waals surface area contributed by atoms with E-state index in [1.807, 2.05) is 39.0 Å². The smallest absolute Gasteiger partial charge is 0.410 e. The first-order chi connectivity index (χ1) is 13.2. The Morgan fingerprint density at radius 2 is 1.82 bits per heavy atom. The van der Waals surface area contributed by atoms with Crippen LogP contribution in [0.25, 0.3) is 5.76 Å². The summed E-state index contributed by atoms with van der Waals surface area (Å²) < 4.78 is 11.8. The third kappa shape index (κ3) is 3.36. The van der Waals surface area contributed by atoms with Crippen LogP contribution in [0.1, 0.15) is 52.0 Å². The molecule has 28 heavy (non-hydrogen) atoms. The average Bonchev–Trinajstić information content (AvgIpc) is 3.46. The van der Waals surface area contributed by atoms with E-state index in [9.17, 15) is 14.7 Å². The molecule has 4 rings (SSSR count). The van der Waals surface area contributed by atoms with Crippen LogP contribution in [-0.2, 0) is 9.53 Å². The zero-order valence-corrected chi connectivity index (χ0v) is 16.7. The van der Waals surface area contributed by atoms with Crippen molar-refractivity contribution in [3.8, 4) is 5.75 Å². The van der Waals surface area contributed by atoms with E-state index in [0.29, 0.717) is 42.8 Å². The number of ether oxygens (including phenoxy) is 2. The number of aliphatic hydroxyl groups excluding tert-OH is 1. The predicted octanol–water partition coefficient (Wildman–Crippen LogP) is 4.10. The van der Waals surface area contributed by atoms with Gasteiger partial charge in [0.1, 0.15) is 22.7 Å². The van der Waals surface area contributed by atoms with Gasteiger partial charge >= 0.3 is 6.09 Å². The van der Waals surface area contributed by atoms with E-state index in [2.05, 4.69) is 0 Å². The standard InChI is InChI=1S/C22H27NO5/c1-21(2,3)28-20(26)23-12-10-22(11-13-23)17(18(24)14-8-9-14)19(25)15-6-4-5-7-16(15)27-22/h4-7,14,25H,8-13H2,1-3H3. The summed E-state index contributed by atoms with van der Waals surface area (Å²) in [7, 11) is 0. The van der Waals surface area contributed by atoms with Gasteiger partial charge in [-0.15, -0.1) is 0 Å². The number of piperidine rings is 1. The van der Waals surface area contributed by atoms with Gasteiger partial charge in [0.2, 0.25) is 0 Å². The number of amides is 1. The number of fused-ring (bicyclic) bond motifs is 1. The highest BCUT2D eigenvalue weighted by Gasteiger charge is 2.51. The van der Waals surface area contributed by atoms with Crippen LogP contribution in [0.3, 0.4) is 0 Å². The normalized spacial score (nSPS) is 21.2. The number of hydrogen-bond donors (Lipinski definition) is 1. The molecule has 6 heteroatoms. The maximum absolute atomic E-state index is 13.1. The van der Waals surface area contributed by atoms with Gasteiger partial charge < -0.3 is 19.5 Å². The van der Waals surface area contributed by atoms with E-state index < -0.39 is 11.2 Å². The second-order valence-electron chi connectivity index (χ2n) is 8.92. The van der Waals surface area contributed by atoms with Crippen LogP contribution in [0.4, 0.5) is 4.79 Å². The fourth-order valence-electron chi connectivity index (χ4n) is 3.98. The number of carbonyl (C=O) groups is 2. The fourth-order valence-corrected chi connectivity index (χ4v) is 3.98. The fraction of sp³-hybridized carbons (Fsp3) is 0.545. The summed E-state index contributed by atoms with van der Waals surface area (Å²) >= 11 is 0. The van der Waals surface area contributed by atoms with Crippen molar-refractivity contribution in [2.24, 2.45) is 5.92 Å². The van der Waals surface area contributed by atoms with E-state index in [0.717, 1.165) is 12.8 Å². The van der Waals surface area contributed by atoms with Gasteiger partial charge in [0.05, 0.1) is 11.1 Å². The summed E-state index contributed by atoms with van der Waals surface area (Å²) in [4.78, 5) is 27.1. The highest BCUT2D eigenvalue weighted by Crippen LogP contribution is 2.48. The van der Waals surface area contributed by atoms with Gasteiger partial charge in [-0.1, -0.05) is 12.1 Å². The zero-order chi connectivity index (χ0) is 20.1. The number of carbonyl (C=O) groups excluding carboxylic acids is 2. The van der Waals surface area contributed by atoms with Crippen molar-refractivity contribution in [2.75, 3.05) is 13.1 Å². The number of para-hydroxylation sites is 1. The largest absolute Gasteiger partial charge is 0.507 e. The second kappa shape index (κ2) is 6.54. The number of aliphatic hydroxyl groups is 1. The molecule has 1 amide bonds. The SMILES string of the molecule is CC(C)(C)OC(=O)N1CCC2(CC1)Oc1ccccc1C(O)=C2C(=O)C1CC1. The quantitative estimate of drug-likeness (QED) is 0.830. The molecule has 2 fully saturated rings. The lowest BCUT2D eigenvalue weighted by Gasteiger charge is -2.45. The number of Topliss-reactive ketones (excluding diaryl/α,β-unsaturated/α-hetero) is 1. The Bertz CT molecular complexity index is 839. The number of benzene rings is 1. The molecular weight excluding hydrogens is 358 g/mol. The lowest BCUT2D eigenvalue weighted by atomic mass is 9.77. The van der Waals surface area contributed by atoms with Crippen LogP contribution < -0.4 is 4.74 Å². The predicted molar refractivity (Wildman–Crippen MR) is 104 cm³/mol. The van der Waals surface area contributed by atoms with Crippen molar-refractivity contribution in [1.29, 1.82) is 0 Å². The van der Waals surface area contributed by atoms with Gasteiger partial charge in [0.25, 0.3) is 0 Å². The van der Waals surface area contributed by atoms with Crippen LogP contribution >= 0.6 is 0 Å². The molecule has 1 saturated heterocycles. The lowest BCUT2D eigenvalue weighted by molar-refractivity contribution is -0.119. The average molecular weight is 385 g/mol. The Morgan fingerprint density at radius 3 is 2.43 bits per heavy atom. The molecule has 0 unspecified atom stereocenters. The molecule has 0 bridgehead atoms. The van der Waals surface area contributed by atoms with E-state index in [1.165, 1.54) is 0 Å². The molecule has 150 valence electrons. The summed E-state index contributed by atoms with van der Waals surface area (Å²) in [6.07, 6.45) is 2.24. The minimum absolute atomic E-state index is 0.0160. The molecule has 0 aromatic heterocycles. The topological polar surface area (TPSA) is 76.1 Å². The zero-order valence-electron chi connectivity index (χ0n) is 16.7. The van der Waals surface area contributed by atoms with E-state index >= 15 is 0 Å². The van der Waals surface area contributed by atoms with E-state index in [1.54, 1.807) is 11.0 Å². The number of hydrogen-bond acceptors (Lipinski definition) is 5. The lowest BCUT2D eigenvalue weighted by Crippen LogP contribution is -2.54. The van der Waals surface area contributed by atoms with Crippen molar-refractivity contribution in [2.45, 2.75) is 57.7 Å². The maximum Gasteiger partial charge on any atom is 0.410 e. The highest BCUT2D eigenvalue weighted by molar-refractivity contribution is 6.06. The molecule has 1 aromatic rings. The van der Waals surface area contributed by atoms with Crippen LogP contribution in [0, 0.1) is 5.92 Å². The number of likely N-dealkylation sites (tertiary alicyclic amines) is 1. The van der Waals surface area contributed by atoms with Gasteiger partial charge in [-0.3, -0.25) is 4.79 Å². The number of nitrogens with zero attached hydrogens (tertiary/aromatic N) is 1. The Morgan fingerprint density at radius 1 is 1.18 bits per heavy atom. The van der Waals surface area contributed by atoms with Crippen molar-refractivity contribution in [3.63, 3.8) is 0 Å².